The van der Waals surface area contributed by atoms with E-state index in [0.717, 1.165) is 35.8 Å². The van der Waals surface area contributed by atoms with E-state index in [1.165, 1.54) is 4.88 Å². The molecule has 1 N–H and O–H groups in total. The van der Waals surface area contributed by atoms with Crippen LogP contribution in [0.2, 0.25) is 5.02 Å². The van der Waals surface area contributed by atoms with E-state index in [1.807, 2.05) is 48.5 Å². The average molecular weight is 500 g/mol. The van der Waals surface area contributed by atoms with E-state index >= 15 is 0 Å². The number of benzene rings is 2. The molecule has 35 heavy (non-hydrogen) atoms. The van der Waals surface area contributed by atoms with E-state index in [4.69, 9.17) is 16.6 Å². The first-order valence-electron chi connectivity index (χ1n) is 11.8. The highest BCUT2D eigenvalue weighted by Crippen LogP contribution is 2.44. The first-order valence-corrected chi connectivity index (χ1v) is 13.0. The Morgan fingerprint density at radius 2 is 1.91 bits per heavy atom. The molecule has 4 nitrogen and oxygen atoms in total. The lowest BCUT2D eigenvalue weighted by atomic mass is 9.72. The van der Waals surface area contributed by atoms with Crippen LogP contribution < -0.4 is 5.32 Å². The predicted molar refractivity (Wildman–Crippen MR) is 144 cm³/mol. The van der Waals surface area contributed by atoms with Crippen molar-refractivity contribution in [2.45, 2.75) is 40.0 Å². The van der Waals surface area contributed by atoms with Crippen LogP contribution in [-0.2, 0) is 12.8 Å². The quantitative estimate of drug-likeness (QED) is 0.311. The topological polar surface area (TPSA) is 65.8 Å². The third kappa shape index (κ3) is 4.45. The van der Waals surface area contributed by atoms with Crippen LogP contribution >= 0.6 is 22.9 Å². The Morgan fingerprint density at radius 1 is 1.17 bits per heavy atom. The molecule has 1 unspecified atom stereocenters. The number of aromatic nitrogens is 1. The van der Waals surface area contributed by atoms with Gasteiger partial charge in [0.1, 0.15) is 11.1 Å². The van der Waals surface area contributed by atoms with Crippen molar-refractivity contribution in [1.29, 1.82) is 5.26 Å². The summed E-state index contributed by atoms with van der Waals surface area (Å²) in [6.45, 7) is 6.82. The number of para-hydroxylation sites is 1. The number of hydrogen-bond acceptors (Lipinski definition) is 4. The molecular formula is C29H26ClN3OS. The standard InChI is InChI=1S/C29H26ClN3OS/c1-29(2,3)17-12-13-19-22(16-31)28(35-26(19)14-17)33-27(34)21-15-25(20-9-4-6-10-23(20)30)32-24-11-7-5-8-18(21)24/h4-11,15,17H,12-14H2,1-3H3,(H,33,34). The van der Waals surface area contributed by atoms with E-state index < -0.39 is 0 Å². The fourth-order valence-corrected chi connectivity index (χ4v) is 6.38. The Bertz CT molecular complexity index is 1490. The lowest BCUT2D eigenvalue weighted by molar-refractivity contribution is 0.102. The molecule has 1 amide bonds. The van der Waals surface area contributed by atoms with Gasteiger partial charge in [0.15, 0.2) is 0 Å². The van der Waals surface area contributed by atoms with Gasteiger partial charge in [-0.15, -0.1) is 11.3 Å². The van der Waals surface area contributed by atoms with Crippen LogP contribution in [-0.4, -0.2) is 10.9 Å². The van der Waals surface area contributed by atoms with Crippen LogP contribution in [0.4, 0.5) is 5.00 Å². The van der Waals surface area contributed by atoms with Crippen molar-refractivity contribution in [1.82, 2.24) is 4.98 Å². The molecule has 0 fully saturated rings. The number of fused-ring (bicyclic) bond motifs is 2. The van der Waals surface area contributed by atoms with E-state index in [2.05, 4.69) is 32.2 Å². The number of pyridine rings is 1. The number of nitrogens with zero attached hydrogens (tertiary/aromatic N) is 2. The summed E-state index contributed by atoms with van der Waals surface area (Å²) in [6.07, 6.45) is 2.88. The number of carbonyl (C=O) groups is 1. The minimum atomic E-state index is -0.251. The number of hydrogen-bond donors (Lipinski definition) is 1. The van der Waals surface area contributed by atoms with Crippen molar-refractivity contribution in [3.05, 3.63) is 81.2 Å². The molecule has 0 saturated heterocycles. The second-order valence-electron chi connectivity index (χ2n) is 10.1. The van der Waals surface area contributed by atoms with Crippen LogP contribution in [0.25, 0.3) is 22.2 Å². The molecule has 5 rings (SSSR count). The smallest absolute Gasteiger partial charge is 0.257 e. The maximum Gasteiger partial charge on any atom is 0.257 e. The Morgan fingerprint density at radius 3 is 2.66 bits per heavy atom. The summed E-state index contributed by atoms with van der Waals surface area (Å²) in [5, 5.41) is 15.0. The third-order valence-electron chi connectivity index (χ3n) is 6.94. The predicted octanol–water partition coefficient (Wildman–Crippen LogP) is 7.89. The third-order valence-corrected chi connectivity index (χ3v) is 8.44. The van der Waals surface area contributed by atoms with Gasteiger partial charge >= 0.3 is 0 Å². The SMILES string of the molecule is CC(C)(C)C1CCc2c(sc(NC(=O)c3cc(-c4ccccc4Cl)nc4ccccc34)c2C#N)C1. The highest BCUT2D eigenvalue weighted by molar-refractivity contribution is 7.16. The van der Waals surface area contributed by atoms with E-state index in [-0.39, 0.29) is 11.3 Å². The van der Waals surface area contributed by atoms with Crippen LogP contribution in [0.15, 0.2) is 54.6 Å². The number of nitriles is 1. The molecule has 2 aromatic heterocycles. The minimum absolute atomic E-state index is 0.211. The maximum absolute atomic E-state index is 13.6. The van der Waals surface area contributed by atoms with E-state index in [1.54, 1.807) is 17.4 Å². The second kappa shape index (κ2) is 9.11. The van der Waals surface area contributed by atoms with Crippen molar-refractivity contribution >= 4 is 44.7 Å². The van der Waals surface area contributed by atoms with Crippen molar-refractivity contribution in [2.24, 2.45) is 11.3 Å². The molecule has 0 radical (unpaired) electrons. The first-order chi connectivity index (χ1) is 16.8. The first kappa shape index (κ1) is 23.5. The lowest BCUT2D eigenvalue weighted by Crippen LogP contribution is -2.26. The number of anilines is 1. The van der Waals surface area contributed by atoms with Crippen molar-refractivity contribution in [3.63, 3.8) is 0 Å². The summed E-state index contributed by atoms with van der Waals surface area (Å²) >= 11 is 7.98. The molecule has 1 aliphatic rings. The summed E-state index contributed by atoms with van der Waals surface area (Å²) in [4.78, 5) is 19.6. The van der Waals surface area contributed by atoms with Gasteiger partial charge in [0.25, 0.3) is 5.91 Å². The van der Waals surface area contributed by atoms with Gasteiger partial charge < -0.3 is 5.32 Å². The highest BCUT2D eigenvalue weighted by atomic mass is 35.5. The lowest BCUT2D eigenvalue weighted by Gasteiger charge is -2.33. The molecule has 176 valence electrons. The molecule has 0 spiro atoms. The summed E-state index contributed by atoms with van der Waals surface area (Å²) in [5.74, 6) is 0.311. The van der Waals surface area contributed by atoms with Gasteiger partial charge in [0.05, 0.1) is 22.3 Å². The monoisotopic (exact) mass is 499 g/mol. The van der Waals surface area contributed by atoms with Crippen molar-refractivity contribution < 1.29 is 4.79 Å². The van der Waals surface area contributed by atoms with E-state index in [0.29, 0.717) is 38.3 Å². The summed E-state index contributed by atoms with van der Waals surface area (Å²) in [7, 11) is 0. The minimum Gasteiger partial charge on any atom is -0.312 e. The van der Waals surface area contributed by atoms with Gasteiger partial charge in [-0.3, -0.25) is 4.79 Å². The summed E-state index contributed by atoms with van der Waals surface area (Å²) in [5.41, 5.74) is 4.55. The zero-order valence-corrected chi connectivity index (χ0v) is 21.6. The number of rotatable bonds is 3. The van der Waals surface area contributed by atoms with Gasteiger partial charge in [0, 0.05) is 20.8 Å². The number of halogens is 1. The molecule has 0 saturated carbocycles. The largest absolute Gasteiger partial charge is 0.312 e. The Hall–Kier alpha value is -3.20. The normalized spacial score (nSPS) is 15.5. The number of nitrogens with one attached hydrogen (secondary N) is 1. The Labute approximate surface area is 214 Å². The van der Waals surface area contributed by atoms with Crippen LogP contribution in [0.1, 0.15) is 53.6 Å². The molecule has 0 bridgehead atoms. The molecule has 1 aliphatic carbocycles. The van der Waals surface area contributed by atoms with Gasteiger partial charge in [-0.1, -0.05) is 68.8 Å². The van der Waals surface area contributed by atoms with Gasteiger partial charge in [0.2, 0.25) is 0 Å². The van der Waals surface area contributed by atoms with Crippen molar-refractivity contribution in [2.75, 3.05) is 5.32 Å². The number of carbonyl (C=O) groups excluding carboxylic acids is 1. The van der Waals surface area contributed by atoms with Crippen LogP contribution in [0.5, 0.6) is 0 Å². The van der Waals surface area contributed by atoms with Crippen molar-refractivity contribution in [3.8, 4) is 17.3 Å². The van der Waals surface area contributed by atoms with Gasteiger partial charge in [-0.05, 0) is 54.4 Å². The highest BCUT2D eigenvalue weighted by Gasteiger charge is 2.32. The molecule has 4 aromatic rings. The fraction of sp³-hybridized carbons (Fsp3) is 0.276. The zero-order valence-electron chi connectivity index (χ0n) is 20.0. The number of amides is 1. The van der Waals surface area contributed by atoms with Crippen LogP contribution in [0.3, 0.4) is 0 Å². The second-order valence-corrected chi connectivity index (χ2v) is 11.6. The fourth-order valence-electron chi connectivity index (χ4n) is 4.87. The Balaban J connectivity index is 1.54. The molecule has 2 aromatic carbocycles. The average Bonchev–Trinajstić information content (AvgIpc) is 3.19. The summed E-state index contributed by atoms with van der Waals surface area (Å²) in [6, 6.07) is 19.2. The van der Waals surface area contributed by atoms with Crippen LogP contribution in [0, 0.1) is 22.7 Å². The summed E-state index contributed by atoms with van der Waals surface area (Å²) < 4.78 is 0. The van der Waals surface area contributed by atoms with Gasteiger partial charge in [-0.2, -0.15) is 5.26 Å². The molecule has 0 aliphatic heterocycles. The Kier molecular flexibility index (Phi) is 6.13. The number of thiophene rings is 1. The molecule has 1 atom stereocenters. The van der Waals surface area contributed by atoms with E-state index in [9.17, 15) is 10.1 Å². The van der Waals surface area contributed by atoms with Gasteiger partial charge in [-0.25, -0.2) is 4.98 Å². The molecule has 2 heterocycles. The molecule has 6 heteroatoms. The maximum atomic E-state index is 13.6. The zero-order chi connectivity index (χ0) is 24.7. The molecular weight excluding hydrogens is 474 g/mol.